The molecule has 0 aliphatic rings. The highest BCUT2D eigenvalue weighted by Crippen LogP contribution is 2.23. The Kier molecular flexibility index (Phi) is 3.91. The molecule has 1 heterocycles. The van der Waals surface area contributed by atoms with Gasteiger partial charge in [-0.25, -0.2) is 0 Å². The molecule has 1 aromatic rings. The lowest BCUT2D eigenvalue weighted by molar-refractivity contribution is 0.0760. The molecule has 0 N–H and O–H groups in total. The molecule has 0 fully saturated rings. The largest absolute Gasteiger partial charge is 0.339 e. The van der Waals surface area contributed by atoms with Crippen molar-refractivity contribution in [1.29, 1.82) is 0 Å². The molecule has 84 valence electrons. The molecule has 0 spiro atoms. The molecule has 0 atom stereocenters. The maximum atomic E-state index is 12.0. The van der Waals surface area contributed by atoms with E-state index >= 15 is 0 Å². The van der Waals surface area contributed by atoms with Crippen LogP contribution in [0.25, 0.3) is 0 Å². The van der Waals surface area contributed by atoms with Gasteiger partial charge in [-0.05, 0) is 38.8 Å². The molecule has 15 heavy (non-hydrogen) atoms. The van der Waals surface area contributed by atoms with Crippen LogP contribution < -0.4 is 0 Å². The molecule has 0 saturated heterocycles. The molecule has 0 aliphatic carbocycles. The van der Waals surface area contributed by atoms with Gasteiger partial charge < -0.3 is 4.90 Å². The van der Waals surface area contributed by atoms with Crippen molar-refractivity contribution in [3.8, 4) is 0 Å². The summed E-state index contributed by atoms with van der Waals surface area (Å²) in [6.07, 6.45) is 1.00. The molecule has 1 aromatic heterocycles. The van der Waals surface area contributed by atoms with Gasteiger partial charge in [0.1, 0.15) is 0 Å². The molecule has 0 unspecified atom stereocenters. The first-order chi connectivity index (χ1) is 6.97. The maximum absolute atomic E-state index is 12.0. The third kappa shape index (κ3) is 2.59. The molecule has 1 rings (SSSR count). The van der Waals surface area contributed by atoms with Crippen LogP contribution in [0, 0.1) is 6.92 Å². The van der Waals surface area contributed by atoms with Crippen LogP contribution in [0.15, 0.2) is 6.07 Å². The molecule has 0 saturated carbocycles. The van der Waals surface area contributed by atoms with E-state index in [0.717, 1.165) is 11.3 Å². The second-order valence-electron chi connectivity index (χ2n) is 4.06. The molecule has 0 bridgehead atoms. The van der Waals surface area contributed by atoms with E-state index in [1.54, 1.807) is 16.2 Å². The SMILES string of the molecule is CCc1cc(C(=O)N(C)C(C)C)sc1C. The topological polar surface area (TPSA) is 20.3 Å². The van der Waals surface area contributed by atoms with Gasteiger partial charge in [0.05, 0.1) is 4.88 Å². The summed E-state index contributed by atoms with van der Waals surface area (Å²) in [6.45, 7) is 8.25. The number of nitrogens with zero attached hydrogens (tertiary/aromatic N) is 1. The summed E-state index contributed by atoms with van der Waals surface area (Å²) in [5, 5.41) is 0. The molecule has 1 amide bonds. The van der Waals surface area contributed by atoms with E-state index in [1.165, 1.54) is 10.4 Å². The normalized spacial score (nSPS) is 10.8. The Bertz CT molecular complexity index is 355. The predicted octanol–water partition coefficient (Wildman–Crippen LogP) is 3.10. The fourth-order valence-corrected chi connectivity index (χ4v) is 2.48. The van der Waals surface area contributed by atoms with Gasteiger partial charge in [0.15, 0.2) is 0 Å². The molecule has 3 heteroatoms. The summed E-state index contributed by atoms with van der Waals surface area (Å²) < 4.78 is 0. The van der Waals surface area contributed by atoms with Gasteiger partial charge in [0.2, 0.25) is 0 Å². The monoisotopic (exact) mass is 225 g/mol. The van der Waals surface area contributed by atoms with Gasteiger partial charge in [0, 0.05) is 18.0 Å². The predicted molar refractivity (Wildman–Crippen MR) is 65.7 cm³/mol. The van der Waals surface area contributed by atoms with Gasteiger partial charge in [-0.2, -0.15) is 0 Å². The molecular formula is C12H19NOS. The minimum atomic E-state index is 0.137. The molecular weight excluding hydrogens is 206 g/mol. The number of thiophene rings is 1. The van der Waals surface area contributed by atoms with Gasteiger partial charge in [-0.3, -0.25) is 4.79 Å². The fourth-order valence-electron chi connectivity index (χ4n) is 1.38. The van der Waals surface area contributed by atoms with Crippen LogP contribution in [0.4, 0.5) is 0 Å². The molecule has 0 aromatic carbocycles. The first-order valence-electron chi connectivity index (χ1n) is 5.33. The number of hydrogen-bond acceptors (Lipinski definition) is 2. The van der Waals surface area contributed by atoms with Gasteiger partial charge in [-0.1, -0.05) is 6.92 Å². The number of carbonyl (C=O) groups excluding carboxylic acids is 1. The van der Waals surface area contributed by atoms with E-state index in [0.29, 0.717) is 0 Å². The molecule has 0 radical (unpaired) electrons. The van der Waals surface area contributed by atoms with E-state index in [4.69, 9.17) is 0 Å². The van der Waals surface area contributed by atoms with Crippen LogP contribution in [0.1, 0.15) is 40.9 Å². The van der Waals surface area contributed by atoms with Crippen LogP contribution in [0.2, 0.25) is 0 Å². The zero-order valence-electron chi connectivity index (χ0n) is 10.1. The zero-order chi connectivity index (χ0) is 11.6. The third-order valence-corrected chi connectivity index (χ3v) is 3.79. The Labute approximate surface area is 95.9 Å². The Morgan fingerprint density at radius 3 is 2.53 bits per heavy atom. The minimum Gasteiger partial charge on any atom is -0.339 e. The average Bonchev–Trinajstić information content (AvgIpc) is 2.57. The number of rotatable bonds is 3. The molecule has 0 aliphatic heterocycles. The van der Waals surface area contributed by atoms with Crippen molar-refractivity contribution in [2.75, 3.05) is 7.05 Å². The van der Waals surface area contributed by atoms with Crippen LogP contribution in [-0.4, -0.2) is 23.9 Å². The standard InChI is InChI=1S/C12H19NOS/c1-6-10-7-11(15-9(10)4)12(14)13(5)8(2)3/h7-8H,6H2,1-5H3. The highest BCUT2D eigenvalue weighted by atomic mass is 32.1. The van der Waals surface area contributed by atoms with E-state index in [9.17, 15) is 4.79 Å². The van der Waals surface area contributed by atoms with Crippen molar-refractivity contribution < 1.29 is 4.79 Å². The summed E-state index contributed by atoms with van der Waals surface area (Å²) in [6, 6.07) is 2.28. The number of amides is 1. The smallest absolute Gasteiger partial charge is 0.263 e. The average molecular weight is 225 g/mol. The maximum Gasteiger partial charge on any atom is 0.263 e. The van der Waals surface area contributed by atoms with Crippen molar-refractivity contribution in [1.82, 2.24) is 4.90 Å². The number of carbonyl (C=O) groups is 1. The first-order valence-corrected chi connectivity index (χ1v) is 6.15. The second kappa shape index (κ2) is 4.79. The van der Waals surface area contributed by atoms with Gasteiger partial charge in [-0.15, -0.1) is 11.3 Å². The van der Waals surface area contributed by atoms with Crippen LogP contribution >= 0.6 is 11.3 Å². The summed E-state index contributed by atoms with van der Waals surface area (Å²) in [5.74, 6) is 0.137. The minimum absolute atomic E-state index is 0.137. The van der Waals surface area contributed by atoms with E-state index < -0.39 is 0 Å². The van der Waals surface area contributed by atoms with Crippen LogP contribution in [-0.2, 0) is 6.42 Å². The zero-order valence-corrected chi connectivity index (χ0v) is 10.9. The Balaban J connectivity index is 2.92. The van der Waals surface area contributed by atoms with Crippen molar-refractivity contribution in [3.63, 3.8) is 0 Å². The van der Waals surface area contributed by atoms with Gasteiger partial charge >= 0.3 is 0 Å². The second-order valence-corrected chi connectivity index (χ2v) is 5.31. The summed E-state index contributed by atoms with van der Waals surface area (Å²) in [7, 11) is 1.85. The van der Waals surface area contributed by atoms with Crippen molar-refractivity contribution >= 4 is 17.2 Å². The highest BCUT2D eigenvalue weighted by Gasteiger charge is 2.17. The van der Waals surface area contributed by atoms with E-state index in [2.05, 4.69) is 13.8 Å². The first kappa shape index (κ1) is 12.2. The van der Waals surface area contributed by atoms with E-state index in [-0.39, 0.29) is 11.9 Å². The number of hydrogen-bond donors (Lipinski definition) is 0. The Morgan fingerprint density at radius 2 is 2.13 bits per heavy atom. The quantitative estimate of drug-likeness (QED) is 0.774. The lowest BCUT2D eigenvalue weighted by atomic mass is 10.2. The van der Waals surface area contributed by atoms with Crippen molar-refractivity contribution in [2.45, 2.75) is 40.2 Å². The van der Waals surface area contributed by atoms with Gasteiger partial charge in [0.25, 0.3) is 5.91 Å². The summed E-state index contributed by atoms with van der Waals surface area (Å²) in [5.41, 5.74) is 1.29. The fraction of sp³-hybridized carbons (Fsp3) is 0.583. The number of aryl methyl sites for hydroxylation is 2. The third-order valence-electron chi connectivity index (χ3n) is 2.71. The highest BCUT2D eigenvalue weighted by molar-refractivity contribution is 7.14. The summed E-state index contributed by atoms with van der Waals surface area (Å²) in [4.78, 5) is 15.9. The Morgan fingerprint density at radius 1 is 1.53 bits per heavy atom. The molecule has 2 nitrogen and oxygen atoms in total. The van der Waals surface area contributed by atoms with Crippen LogP contribution in [0.3, 0.4) is 0 Å². The lowest BCUT2D eigenvalue weighted by Gasteiger charge is -2.20. The Hall–Kier alpha value is -0.830. The van der Waals surface area contributed by atoms with E-state index in [1.807, 2.05) is 27.0 Å². The lowest BCUT2D eigenvalue weighted by Crippen LogP contribution is -2.32. The van der Waals surface area contributed by atoms with Crippen LogP contribution in [0.5, 0.6) is 0 Å². The summed E-state index contributed by atoms with van der Waals surface area (Å²) >= 11 is 1.60. The van der Waals surface area contributed by atoms with Crippen molar-refractivity contribution in [2.24, 2.45) is 0 Å². The van der Waals surface area contributed by atoms with Crippen molar-refractivity contribution in [3.05, 3.63) is 21.4 Å².